The first-order chi connectivity index (χ1) is 10.2. The fraction of sp³-hybridized carbons (Fsp3) is 0.188. The van der Waals surface area contributed by atoms with Crippen LogP contribution in [-0.4, -0.2) is 28.4 Å². The molecule has 5 heteroatoms. The van der Waals surface area contributed by atoms with Gasteiger partial charge in [0.2, 0.25) is 0 Å². The van der Waals surface area contributed by atoms with Gasteiger partial charge >= 0.3 is 0 Å². The molecule has 0 saturated carbocycles. The largest absolute Gasteiger partial charge is 0.507 e. The van der Waals surface area contributed by atoms with Gasteiger partial charge in [-0.05, 0) is 30.3 Å². The molecule has 0 bridgehead atoms. The third kappa shape index (κ3) is 2.60. The molecule has 3 aromatic rings. The van der Waals surface area contributed by atoms with Gasteiger partial charge in [-0.2, -0.15) is 0 Å². The maximum Gasteiger partial charge on any atom is 0.145 e. The number of ether oxygens (including phenoxy) is 1. The monoisotopic (exact) mass is 302 g/mol. The van der Waals surface area contributed by atoms with Gasteiger partial charge < -0.3 is 14.4 Å². The van der Waals surface area contributed by atoms with Crippen LogP contribution in [0.1, 0.15) is 0 Å². The number of rotatable bonds is 4. The van der Waals surface area contributed by atoms with Crippen LogP contribution in [0, 0.1) is 0 Å². The van der Waals surface area contributed by atoms with Crippen LogP contribution >= 0.6 is 11.6 Å². The van der Waals surface area contributed by atoms with Crippen LogP contribution in [0.5, 0.6) is 5.75 Å². The van der Waals surface area contributed by atoms with Crippen molar-refractivity contribution >= 4 is 22.6 Å². The zero-order valence-electron chi connectivity index (χ0n) is 11.6. The normalized spacial score (nSPS) is 11.1. The fourth-order valence-electron chi connectivity index (χ4n) is 2.38. The molecule has 2 aromatic carbocycles. The zero-order chi connectivity index (χ0) is 14.8. The number of phenolic OH excluding ortho intramolecular Hbond substituents is 1. The van der Waals surface area contributed by atoms with E-state index in [1.165, 1.54) is 0 Å². The van der Waals surface area contributed by atoms with Gasteiger partial charge in [-0.25, -0.2) is 4.98 Å². The van der Waals surface area contributed by atoms with Gasteiger partial charge in [0, 0.05) is 18.7 Å². The smallest absolute Gasteiger partial charge is 0.145 e. The number of para-hydroxylation sites is 2. The molecule has 108 valence electrons. The first-order valence-electron chi connectivity index (χ1n) is 6.64. The van der Waals surface area contributed by atoms with Gasteiger partial charge in [0.15, 0.2) is 0 Å². The molecule has 0 unspecified atom stereocenters. The van der Waals surface area contributed by atoms with Crippen molar-refractivity contribution in [1.82, 2.24) is 9.55 Å². The number of benzene rings is 2. The van der Waals surface area contributed by atoms with Crippen molar-refractivity contribution in [3.63, 3.8) is 0 Å². The third-order valence-electron chi connectivity index (χ3n) is 3.37. The number of aromatic nitrogens is 2. The minimum Gasteiger partial charge on any atom is -0.507 e. The highest BCUT2D eigenvalue weighted by Gasteiger charge is 2.15. The van der Waals surface area contributed by atoms with Gasteiger partial charge in [0.1, 0.15) is 11.6 Å². The molecule has 0 aliphatic rings. The highest BCUT2D eigenvalue weighted by molar-refractivity contribution is 6.30. The molecule has 0 atom stereocenters. The molecular weight excluding hydrogens is 288 g/mol. The lowest BCUT2D eigenvalue weighted by molar-refractivity contribution is 0.188. The minimum absolute atomic E-state index is 0.161. The lowest BCUT2D eigenvalue weighted by Crippen LogP contribution is -2.06. The molecule has 1 aromatic heterocycles. The summed E-state index contributed by atoms with van der Waals surface area (Å²) in [5, 5.41) is 10.7. The summed E-state index contributed by atoms with van der Waals surface area (Å²) in [7, 11) is 1.66. The van der Waals surface area contributed by atoms with E-state index in [2.05, 4.69) is 4.98 Å². The SMILES string of the molecule is COCCn1c(-c2cc(Cl)ccc2O)nc2ccccc21. The van der Waals surface area contributed by atoms with E-state index < -0.39 is 0 Å². The summed E-state index contributed by atoms with van der Waals surface area (Å²) in [4.78, 5) is 4.63. The molecule has 21 heavy (non-hydrogen) atoms. The molecule has 1 heterocycles. The molecule has 0 spiro atoms. The number of halogens is 1. The van der Waals surface area contributed by atoms with Gasteiger partial charge in [-0.1, -0.05) is 23.7 Å². The zero-order valence-corrected chi connectivity index (χ0v) is 12.3. The first kappa shape index (κ1) is 13.9. The number of phenols is 1. The second-order valence-electron chi connectivity index (χ2n) is 4.73. The molecule has 0 radical (unpaired) electrons. The predicted octanol–water partition coefficient (Wildman–Crippen LogP) is 3.71. The van der Waals surface area contributed by atoms with E-state index in [9.17, 15) is 5.11 Å². The molecule has 3 rings (SSSR count). The number of hydrogen-bond acceptors (Lipinski definition) is 3. The Morgan fingerprint density at radius 3 is 2.86 bits per heavy atom. The summed E-state index contributed by atoms with van der Waals surface area (Å²) in [6, 6.07) is 12.8. The van der Waals surface area contributed by atoms with E-state index in [4.69, 9.17) is 16.3 Å². The molecule has 4 nitrogen and oxygen atoms in total. The van der Waals surface area contributed by atoms with E-state index >= 15 is 0 Å². The van der Waals surface area contributed by atoms with E-state index in [1.807, 2.05) is 28.8 Å². The Morgan fingerprint density at radius 2 is 2.05 bits per heavy atom. The summed E-state index contributed by atoms with van der Waals surface area (Å²) in [6.07, 6.45) is 0. The number of hydrogen-bond donors (Lipinski definition) is 1. The van der Waals surface area contributed by atoms with Crippen molar-refractivity contribution in [2.24, 2.45) is 0 Å². The molecule has 0 saturated heterocycles. The van der Waals surface area contributed by atoms with Crippen LogP contribution in [0.15, 0.2) is 42.5 Å². The van der Waals surface area contributed by atoms with Gasteiger partial charge in [-0.15, -0.1) is 0 Å². The Hall–Kier alpha value is -2.04. The van der Waals surface area contributed by atoms with Crippen LogP contribution in [-0.2, 0) is 11.3 Å². The number of fused-ring (bicyclic) bond motifs is 1. The molecule has 0 fully saturated rings. The standard InChI is InChI=1S/C16H15ClN2O2/c1-21-9-8-19-14-5-3-2-4-13(14)18-16(19)12-10-11(17)6-7-15(12)20/h2-7,10,20H,8-9H2,1H3. The predicted molar refractivity (Wildman–Crippen MR) is 83.7 cm³/mol. The van der Waals surface area contributed by atoms with E-state index in [1.54, 1.807) is 25.3 Å². The van der Waals surface area contributed by atoms with Gasteiger partial charge in [-0.3, -0.25) is 0 Å². The third-order valence-corrected chi connectivity index (χ3v) is 3.61. The molecule has 0 aliphatic carbocycles. The van der Waals surface area contributed by atoms with Crippen molar-refractivity contribution in [2.45, 2.75) is 6.54 Å². The fourth-order valence-corrected chi connectivity index (χ4v) is 2.55. The average molecular weight is 303 g/mol. The summed E-state index contributed by atoms with van der Waals surface area (Å²) in [5.74, 6) is 0.849. The van der Waals surface area contributed by atoms with Crippen LogP contribution in [0.25, 0.3) is 22.4 Å². The maximum absolute atomic E-state index is 10.1. The quantitative estimate of drug-likeness (QED) is 0.799. The molecule has 0 amide bonds. The minimum atomic E-state index is 0.161. The highest BCUT2D eigenvalue weighted by Crippen LogP contribution is 2.33. The molecular formula is C16H15ClN2O2. The Labute approximate surface area is 127 Å². The van der Waals surface area contributed by atoms with Crippen LogP contribution in [0.4, 0.5) is 0 Å². The maximum atomic E-state index is 10.1. The van der Waals surface area contributed by atoms with Crippen molar-refractivity contribution in [2.75, 3.05) is 13.7 Å². The topological polar surface area (TPSA) is 47.3 Å². The van der Waals surface area contributed by atoms with Crippen LogP contribution in [0.3, 0.4) is 0 Å². The summed E-state index contributed by atoms with van der Waals surface area (Å²) >= 11 is 6.05. The summed E-state index contributed by atoms with van der Waals surface area (Å²) in [5.41, 5.74) is 2.50. The number of aromatic hydroxyl groups is 1. The van der Waals surface area contributed by atoms with Crippen molar-refractivity contribution in [3.8, 4) is 17.1 Å². The second-order valence-corrected chi connectivity index (χ2v) is 5.17. The Bertz CT molecular complexity index is 783. The van der Waals surface area contributed by atoms with Crippen molar-refractivity contribution in [1.29, 1.82) is 0 Å². The van der Waals surface area contributed by atoms with E-state index in [-0.39, 0.29) is 5.75 Å². The lowest BCUT2D eigenvalue weighted by Gasteiger charge is -2.10. The molecule has 0 aliphatic heterocycles. The van der Waals surface area contributed by atoms with E-state index in [0.29, 0.717) is 29.6 Å². The van der Waals surface area contributed by atoms with E-state index in [0.717, 1.165) is 11.0 Å². The Morgan fingerprint density at radius 1 is 1.24 bits per heavy atom. The highest BCUT2D eigenvalue weighted by atomic mass is 35.5. The van der Waals surface area contributed by atoms with Gasteiger partial charge in [0.05, 0.1) is 23.2 Å². The summed E-state index contributed by atoms with van der Waals surface area (Å²) < 4.78 is 7.20. The van der Waals surface area contributed by atoms with Crippen LogP contribution in [0.2, 0.25) is 5.02 Å². The average Bonchev–Trinajstić information content (AvgIpc) is 2.86. The molecule has 1 N–H and O–H groups in total. The summed E-state index contributed by atoms with van der Waals surface area (Å²) in [6.45, 7) is 1.22. The second kappa shape index (κ2) is 5.76. The number of nitrogens with zero attached hydrogens (tertiary/aromatic N) is 2. The Balaban J connectivity index is 2.23. The van der Waals surface area contributed by atoms with Crippen molar-refractivity contribution < 1.29 is 9.84 Å². The number of methoxy groups -OCH3 is 1. The lowest BCUT2D eigenvalue weighted by atomic mass is 10.2. The van der Waals surface area contributed by atoms with Crippen molar-refractivity contribution in [3.05, 3.63) is 47.5 Å². The van der Waals surface area contributed by atoms with Crippen LogP contribution < -0.4 is 0 Å². The van der Waals surface area contributed by atoms with Gasteiger partial charge in [0.25, 0.3) is 0 Å². The Kier molecular flexibility index (Phi) is 3.82. The number of imidazole rings is 1. The first-order valence-corrected chi connectivity index (χ1v) is 7.01.